The fourth-order valence-electron chi connectivity index (χ4n) is 1.93. The van der Waals surface area contributed by atoms with Gasteiger partial charge in [0.05, 0.1) is 0 Å². The maximum Gasteiger partial charge on any atom is 0.329 e. The van der Waals surface area contributed by atoms with E-state index in [1.165, 1.54) is 0 Å². The lowest BCUT2D eigenvalue weighted by Crippen LogP contribution is -2.49. The third-order valence-corrected chi connectivity index (χ3v) is 3.76. The number of hydrogen-bond acceptors (Lipinski definition) is 2. The van der Waals surface area contributed by atoms with Crippen molar-refractivity contribution >= 4 is 15.9 Å². The van der Waals surface area contributed by atoms with Gasteiger partial charge in [-0.05, 0) is 54.6 Å². The lowest BCUT2D eigenvalue weighted by atomic mass is 9.82. The Bertz CT molecular complexity index is 200. The van der Waals surface area contributed by atoms with Crippen molar-refractivity contribution in [2.24, 2.45) is 0 Å². The number of aliphatic hydroxyl groups is 1. The monoisotopic (exact) mass is 285 g/mol. The zero-order chi connectivity index (χ0) is 11.5. The van der Waals surface area contributed by atoms with Gasteiger partial charge in [0.25, 0.3) is 0 Å². The zero-order valence-electron chi connectivity index (χ0n) is 8.90. The summed E-state index contributed by atoms with van der Waals surface area (Å²) in [7, 11) is 0. The highest BCUT2D eigenvalue weighted by Gasteiger charge is 2.51. The first-order valence-electron chi connectivity index (χ1n) is 5.41. The topological polar surface area (TPSA) is 32.3 Å². The normalized spacial score (nSPS) is 33.0. The average molecular weight is 286 g/mol. The van der Waals surface area contributed by atoms with Gasteiger partial charge in [0, 0.05) is 6.04 Å². The van der Waals surface area contributed by atoms with Crippen LogP contribution in [-0.4, -0.2) is 28.1 Å². The number of alkyl halides is 3. The van der Waals surface area contributed by atoms with Crippen molar-refractivity contribution in [2.45, 2.75) is 55.5 Å². The van der Waals surface area contributed by atoms with E-state index in [0.717, 1.165) is 13.0 Å². The van der Waals surface area contributed by atoms with Crippen LogP contribution < -0.4 is 5.32 Å². The minimum absolute atomic E-state index is 0.145. The van der Waals surface area contributed by atoms with Crippen molar-refractivity contribution < 1.29 is 13.9 Å². The zero-order valence-corrected chi connectivity index (χ0v) is 10.5. The summed E-state index contributed by atoms with van der Waals surface area (Å²) >= 11 is 2.27. The SMILES string of the molecule is CCCNC1CCC(O)(C(F)(F)Br)CC1. The first kappa shape index (κ1) is 13.3. The van der Waals surface area contributed by atoms with Gasteiger partial charge < -0.3 is 10.4 Å². The van der Waals surface area contributed by atoms with Crippen molar-refractivity contribution in [2.75, 3.05) is 6.54 Å². The summed E-state index contributed by atoms with van der Waals surface area (Å²) in [5.41, 5.74) is -1.86. The second-order valence-corrected chi connectivity index (χ2v) is 5.25. The standard InChI is InChI=1S/C10H18BrF2NO/c1-2-7-14-8-3-5-9(15,6-4-8)10(11,12)13/h8,14-15H,2-7H2,1H3. The Kier molecular flexibility index (Phi) is 4.50. The summed E-state index contributed by atoms with van der Waals surface area (Å²) < 4.78 is 26.0. The van der Waals surface area contributed by atoms with Crippen molar-refractivity contribution in [1.82, 2.24) is 5.32 Å². The number of halogens is 3. The molecule has 0 aliphatic heterocycles. The summed E-state index contributed by atoms with van der Waals surface area (Å²) in [6.45, 7) is 2.98. The van der Waals surface area contributed by atoms with Gasteiger partial charge in [-0.15, -0.1) is 0 Å². The third-order valence-electron chi connectivity index (χ3n) is 3.02. The van der Waals surface area contributed by atoms with Crippen LogP contribution in [0.4, 0.5) is 8.78 Å². The van der Waals surface area contributed by atoms with E-state index in [1.54, 1.807) is 0 Å². The fourth-order valence-corrected chi connectivity index (χ4v) is 2.33. The summed E-state index contributed by atoms with van der Waals surface area (Å²) in [6, 6.07) is 0.278. The molecule has 0 aromatic rings. The van der Waals surface area contributed by atoms with E-state index < -0.39 is 10.4 Å². The number of hydrogen-bond donors (Lipinski definition) is 2. The molecule has 0 unspecified atom stereocenters. The van der Waals surface area contributed by atoms with Gasteiger partial charge in [-0.25, -0.2) is 0 Å². The summed E-state index contributed by atoms with van der Waals surface area (Å²) in [5, 5.41) is 13.0. The van der Waals surface area contributed by atoms with Crippen LogP contribution in [0, 0.1) is 0 Å². The Hall–Kier alpha value is 0.260. The molecule has 0 heterocycles. The maximum absolute atomic E-state index is 13.0. The van der Waals surface area contributed by atoms with E-state index in [1.807, 2.05) is 0 Å². The molecule has 2 nitrogen and oxygen atoms in total. The van der Waals surface area contributed by atoms with E-state index in [-0.39, 0.29) is 18.9 Å². The van der Waals surface area contributed by atoms with Crippen LogP contribution in [0.5, 0.6) is 0 Å². The van der Waals surface area contributed by atoms with Gasteiger partial charge >= 0.3 is 4.83 Å². The molecule has 0 aromatic heterocycles. The van der Waals surface area contributed by atoms with Crippen molar-refractivity contribution in [3.05, 3.63) is 0 Å². The van der Waals surface area contributed by atoms with E-state index in [2.05, 4.69) is 28.2 Å². The molecule has 15 heavy (non-hydrogen) atoms. The minimum atomic E-state index is -3.17. The van der Waals surface area contributed by atoms with Crippen molar-refractivity contribution in [3.8, 4) is 0 Å². The molecule has 0 aromatic carbocycles. The largest absolute Gasteiger partial charge is 0.383 e. The van der Waals surface area contributed by atoms with Gasteiger partial charge in [0.1, 0.15) is 5.60 Å². The van der Waals surface area contributed by atoms with E-state index in [9.17, 15) is 13.9 Å². The van der Waals surface area contributed by atoms with Crippen LogP contribution in [0.15, 0.2) is 0 Å². The molecule has 2 N–H and O–H groups in total. The first-order valence-corrected chi connectivity index (χ1v) is 6.21. The predicted molar refractivity (Wildman–Crippen MR) is 59.4 cm³/mol. The Morgan fingerprint density at radius 1 is 1.47 bits per heavy atom. The highest BCUT2D eigenvalue weighted by atomic mass is 79.9. The maximum atomic E-state index is 13.0. The second-order valence-electron chi connectivity index (χ2n) is 4.26. The van der Waals surface area contributed by atoms with E-state index >= 15 is 0 Å². The molecular weight excluding hydrogens is 268 g/mol. The number of rotatable bonds is 4. The molecule has 1 rings (SSSR count). The van der Waals surface area contributed by atoms with Crippen molar-refractivity contribution in [3.63, 3.8) is 0 Å². The van der Waals surface area contributed by atoms with Crippen LogP contribution in [0.1, 0.15) is 39.0 Å². The van der Waals surface area contributed by atoms with Crippen LogP contribution in [-0.2, 0) is 0 Å². The second kappa shape index (κ2) is 5.06. The molecule has 0 spiro atoms. The lowest BCUT2D eigenvalue weighted by molar-refractivity contribution is -0.137. The molecule has 1 saturated carbocycles. The van der Waals surface area contributed by atoms with Crippen LogP contribution in [0.2, 0.25) is 0 Å². The Balaban J connectivity index is 2.41. The Morgan fingerprint density at radius 2 is 2.00 bits per heavy atom. The van der Waals surface area contributed by atoms with E-state index in [4.69, 9.17) is 0 Å². The van der Waals surface area contributed by atoms with Crippen LogP contribution in [0.25, 0.3) is 0 Å². The highest BCUT2D eigenvalue weighted by Crippen LogP contribution is 2.44. The van der Waals surface area contributed by atoms with Crippen LogP contribution >= 0.6 is 15.9 Å². The van der Waals surface area contributed by atoms with E-state index in [0.29, 0.717) is 12.8 Å². The summed E-state index contributed by atoms with van der Waals surface area (Å²) in [5.74, 6) is 0. The first-order chi connectivity index (χ1) is 6.89. The van der Waals surface area contributed by atoms with Crippen molar-refractivity contribution in [1.29, 1.82) is 0 Å². The molecule has 0 saturated heterocycles. The smallest absolute Gasteiger partial charge is 0.329 e. The van der Waals surface area contributed by atoms with Gasteiger partial charge in [0.2, 0.25) is 0 Å². The molecule has 1 aliphatic carbocycles. The lowest BCUT2D eigenvalue weighted by Gasteiger charge is -2.38. The molecule has 90 valence electrons. The van der Waals surface area contributed by atoms with Crippen LogP contribution in [0.3, 0.4) is 0 Å². The Labute approximate surface area is 97.6 Å². The summed E-state index contributed by atoms with van der Waals surface area (Å²) in [6.07, 6.45) is 2.55. The van der Waals surface area contributed by atoms with Gasteiger partial charge in [-0.2, -0.15) is 8.78 Å². The van der Waals surface area contributed by atoms with Gasteiger partial charge in [-0.3, -0.25) is 0 Å². The predicted octanol–water partition coefficient (Wildman–Crippen LogP) is 2.65. The molecular formula is C10H18BrF2NO. The molecule has 0 amide bonds. The fraction of sp³-hybridized carbons (Fsp3) is 1.00. The molecule has 0 bridgehead atoms. The van der Waals surface area contributed by atoms with Gasteiger partial charge in [0.15, 0.2) is 0 Å². The minimum Gasteiger partial charge on any atom is -0.383 e. The Morgan fingerprint density at radius 3 is 2.40 bits per heavy atom. The quantitative estimate of drug-likeness (QED) is 0.779. The summed E-state index contributed by atoms with van der Waals surface area (Å²) in [4.78, 5) is -3.17. The molecule has 5 heteroatoms. The third kappa shape index (κ3) is 3.36. The molecule has 1 aliphatic rings. The molecule has 0 radical (unpaired) electrons. The molecule has 1 fully saturated rings. The van der Waals surface area contributed by atoms with Gasteiger partial charge in [-0.1, -0.05) is 6.92 Å². The highest BCUT2D eigenvalue weighted by molar-refractivity contribution is 9.10. The number of nitrogens with one attached hydrogen (secondary N) is 1. The molecule has 0 atom stereocenters. The average Bonchev–Trinajstić information content (AvgIpc) is 2.15.